The Morgan fingerprint density at radius 1 is 1.26 bits per heavy atom. The van der Waals surface area contributed by atoms with E-state index in [9.17, 15) is 26.4 Å². The molecular formula is C11H20F3NO3S. The minimum atomic E-state index is -5.57. The van der Waals surface area contributed by atoms with Gasteiger partial charge in [-0.25, -0.2) is 4.72 Å². The molecule has 0 aromatic carbocycles. The van der Waals surface area contributed by atoms with Gasteiger partial charge in [-0.15, -0.1) is 0 Å². The number of nitrogens with one attached hydrogen (secondary N) is 1. The number of rotatable bonds is 7. The molecule has 8 heteroatoms. The van der Waals surface area contributed by atoms with Gasteiger partial charge in [0.05, 0.1) is 0 Å². The monoisotopic (exact) mass is 303 g/mol. The number of hydrogen-bond donors (Lipinski definition) is 1. The van der Waals surface area contributed by atoms with Crippen LogP contribution in [0.3, 0.4) is 0 Å². The fourth-order valence-corrected chi connectivity index (χ4v) is 2.31. The fraction of sp³-hybridized carbons (Fsp3) is 0.909. The fourth-order valence-electron chi connectivity index (χ4n) is 1.79. The van der Waals surface area contributed by atoms with Crippen LogP contribution in [0.5, 0.6) is 0 Å². The normalized spacial score (nSPS) is 14.5. The first-order valence-electron chi connectivity index (χ1n) is 6.13. The number of halogens is 3. The lowest BCUT2D eigenvalue weighted by molar-refractivity contribution is -0.120. The molecule has 0 aliphatic heterocycles. The molecule has 0 aromatic heterocycles. The summed E-state index contributed by atoms with van der Waals surface area (Å²) in [6, 6.07) is 0. The van der Waals surface area contributed by atoms with Crippen LogP contribution < -0.4 is 4.72 Å². The Hall–Kier alpha value is -0.790. The van der Waals surface area contributed by atoms with Gasteiger partial charge in [0.1, 0.15) is 0 Å². The standard InChI is InChI=1S/C11H20F3NO3S/c1-4-9(8(2)3)6-5-7-10(16)15-19(17,18)11(12,13)14/h8-9H,4-7H2,1-3H3,(H,15,16). The topological polar surface area (TPSA) is 63.2 Å². The van der Waals surface area contributed by atoms with Crippen LogP contribution in [0.1, 0.15) is 46.5 Å². The van der Waals surface area contributed by atoms with E-state index >= 15 is 0 Å². The summed E-state index contributed by atoms with van der Waals surface area (Å²) >= 11 is 0. The van der Waals surface area contributed by atoms with Crippen molar-refractivity contribution in [1.29, 1.82) is 0 Å². The Labute approximate surface area is 111 Å². The molecular weight excluding hydrogens is 283 g/mol. The van der Waals surface area contributed by atoms with Crippen LogP contribution in [0.15, 0.2) is 0 Å². The van der Waals surface area contributed by atoms with Crippen molar-refractivity contribution >= 4 is 15.9 Å². The minimum absolute atomic E-state index is 0.224. The van der Waals surface area contributed by atoms with Crippen LogP contribution in [0, 0.1) is 11.8 Å². The van der Waals surface area contributed by atoms with E-state index in [4.69, 9.17) is 0 Å². The van der Waals surface area contributed by atoms with Crippen molar-refractivity contribution in [1.82, 2.24) is 4.72 Å². The third-order valence-electron chi connectivity index (χ3n) is 3.00. The number of carbonyl (C=O) groups is 1. The van der Waals surface area contributed by atoms with Crippen molar-refractivity contribution < 1.29 is 26.4 Å². The van der Waals surface area contributed by atoms with Crippen molar-refractivity contribution in [3.63, 3.8) is 0 Å². The van der Waals surface area contributed by atoms with Crippen LogP contribution in [0.4, 0.5) is 13.2 Å². The van der Waals surface area contributed by atoms with Crippen molar-refractivity contribution in [3.05, 3.63) is 0 Å². The van der Waals surface area contributed by atoms with E-state index in [-0.39, 0.29) is 6.42 Å². The molecule has 0 saturated carbocycles. The lowest BCUT2D eigenvalue weighted by Gasteiger charge is -2.18. The maximum absolute atomic E-state index is 12.0. The molecule has 0 aliphatic rings. The van der Waals surface area contributed by atoms with Crippen LogP contribution in [0.25, 0.3) is 0 Å². The number of hydrogen-bond acceptors (Lipinski definition) is 3. The molecule has 1 amide bonds. The Balaban J connectivity index is 4.22. The molecule has 0 saturated heterocycles. The molecule has 0 rings (SSSR count). The molecule has 0 heterocycles. The molecule has 0 aromatic rings. The van der Waals surface area contributed by atoms with Crippen molar-refractivity contribution in [2.24, 2.45) is 11.8 Å². The average Bonchev–Trinajstić information content (AvgIpc) is 2.21. The summed E-state index contributed by atoms with van der Waals surface area (Å²) in [6.07, 6.45) is 1.75. The highest BCUT2D eigenvalue weighted by molar-refractivity contribution is 7.90. The predicted octanol–water partition coefficient (Wildman–Crippen LogP) is 2.80. The molecule has 114 valence electrons. The van der Waals surface area contributed by atoms with Crippen LogP contribution in [-0.4, -0.2) is 19.8 Å². The van der Waals surface area contributed by atoms with Gasteiger partial charge in [0, 0.05) is 6.42 Å². The number of carbonyl (C=O) groups excluding carboxylic acids is 1. The molecule has 0 radical (unpaired) electrons. The third-order valence-corrected chi connectivity index (χ3v) is 4.10. The predicted molar refractivity (Wildman–Crippen MR) is 65.6 cm³/mol. The second-order valence-corrected chi connectivity index (χ2v) is 6.45. The van der Waals surface area contributed by atoms with Gasteiger partial charge < -0.3 is 0 Å². The van der Waals surface area contributed by atoms with E-state index in [0.717, 1.165) is 11.1 Å². The van der Waals surface area contributed by atoms with Gasteiger partial charge >= 0.3 is 15.5 Å². The summed E-state index contributed by atoms with van der Waals surface area (Å²) in [6.45, 7) is 6.06. The van der Waals surface area contributed by atoms with E-state index < -0.39 is 21.4 Å². The zero-order chi connectivity index (χ0) is 15.3. The highest BCUT2D eigenvalue weighted by Gasteiger charge is 2.46. The Morgan fingerprint density at radius 3 is 2.16 bits per heavy atom. The molecule has 0 aliphatic carbocycles. The molecule has 1 atom stereocenters. The van der Waals surface area contributed by atoms with Gasteiger partial charge in [0.15, 0.2) is 0 Å². The average molecular weight is 303 g/mol. The molecule has 0 fully saturated rings. The van der Waals surface area contributed by atoms with Gasteiger partial charge in [-0.05, 0) is 24.7 Å². The summed E-state index contributed by atoms with van der Waals surface area (Å²) in [5.41, 5.74) is -5.45. The summed E-state index contributed by atoms with van der Waals surface area (Å²) in [7, 11) is -5.57. The maximum Gasteiger partial charge on any atom is 0.516 e. The molecule has 0 bridgehead atoms. The van der Waals surface area contributed by atoms with E-state index in [2.05, 4.69) is 0 Å². The maximum atomic E-state index is 12.0. The highest BCUT2D eigenvalue weighted by atomic mass is 32.2. The van der Waals surface area contributed by atoms with Gasteiger partial charge in [-0.2, -0.15) is 21.6 Å². The van der Waals surface area contributed by atoms with Gasteiger partial charge in [0.2, 0.25) is 5.91 Å². The first kappa shape index (κ1) is 18.2. The molecule has 19 heavy (non-hydrogen) atoms. The smallest absolute Gasteiger partial charge is 0.274 e. The first-order chi connectivity index (χ1) is 8.51. The van der Waals surface area contributed by atoms with Crippen molar-refractivity contribution in [2.75, 3.05) is 0 Å². The number of sulfonamides is 1. The molecule has 0 spiro atoms. The van der Waals surface area contributed by atoms with Crippen LogP contribution in [-0.2, 0) is 14.8 Å². The largest absolute Gasteiger partial charge is 0.516 e. The third kappa shape index (κ3) is 6.26. The van der Waals surface area contributed by atoms with Gasteiger partial charge in [-0.1, -0.05) is 27.2 Å². The summed E-state index contributed by atoms with van der Waals surface area (Å²) in [5.74, 6) is -0.310. The Morgan fingerprint density at radius 2 is 1.79 bits per heavy atom. The number of alkyl halides is 3. The Kier molecular flexibility index (Phi) is 6.82. The summed E-state index contributed by atoms with van der Waals surface area (Å²) in [5, 5.41) is 0. The lowest BCUT2D eigenvalue weighted by Crippen LogP contribution is -2.40. The summed E-state index contributed by atoms with van der Waals surface area (Å²) < 4.78 is 58.4. The molecule has 4 nitrogen and oxygen atoms in total. The first-order valence-corrected chi connectivity index (χ1v) is 7.61. The lowest BCUT2D eigenvalue weighted by atomic mass is 9.88. The van der Waals surface area contributed by atoms with E-state index in [1.807, 2.05) is 20.8 Å². The Bertz CT molecular complexity index is 390. The molecule has 1 N–H and O–H groups in total. The van der Waals surface area contributed by atoms with E-state index in [0.29, 0.717) is 24.7 Å². The zero-order valence-corrected chi connectivity index (χ0v) is 12.1. The van der Waals surface area contributed by atoms with E-state index in [1.54, 1.807) is 0 Å². The second-order valence-electron chi connectivity index (χ2n) is 4.78. The SMILES string of the molecule is CCC(CCCC(=O)NS(=O)(=O)C(F)(F)F)C(C)C. The van der Waals surface area contributed by atoms with Gasteiger partial charge in [-0.3, -0.25) is 4.79 Å². The summed E-state index contributed by atoms with van der Waals surface area (Å²) in [4.78, 5) is 11.2. The second kappa shape index (κ2) is 7.12. The highest BCUT2D eigenvalue weighted by Crippen LogP contribution is 2.23. The quantitative estimate of drug-likeness (QED) is 0.786. The van der Waals surface area contributed by atoms with E-state index in [1.165, 1.54) is 0 Å². The van der Waals surface area contributed by atoms with Crippen molar-refractivity contribution in [3.8, 4) is 0 Å². The zero-order valence-electron chi connectivity index (χ0n) is 11.3. The van der Waals surface area contributed by atoms with Crippen LogP contribution in [0.2, 0.25) is 0 Å². The van der Waals surface area contributed by atoms with Gasteiger partial charge in [0.25, 0.3) is 0 Å². The minimum Gasteiger partial charge on any atom is -0.274 e. The molecule has 1 unspecified atom stereocenters. The number of amides is 1. The van der Waals surface area contributed by atoms with Crippen LogP contribution >= 0.6 is 0 Å². The van der Waals surface area contributed by atoms with Crippen molar-refractivity contribution in [2.45, 2.75) is 52.0 Å².